The van der Waals surface area contributed by atoms with Crippen molar-refractivity contribution in [2.45, 2.75) is 13.8 Å². The molecule has 0 fully saturated rings. The fourth-order valence-electron chi connectivity index (χ4n) is 2.06. The molecule has 122 valence electrons. The smallest absolute Gasteiger partial charge is 0.273 e. The van der Waals surface area contributed by atoms with Crippen molar-refractivity contribution < 1.29 is 19.1 Å². The summed E-state index contributed by atoms with van der Waals surface area (Å²) in [5.41, 5.74) is 2.15. The molecule has 0 saturated heterocycles. The van der Waals surface area contributed by atoms with Gasteiger partial charge in [-0.3, -0.25) is 10.1 Å². The third kappa shape index (κ3) is 4.35. The number of non-ortho nitro benzene ring substituents is 1. The Morgan fingerprint density at radius 3 is 2.30 bits per heavy atom. The summed E-state index contributed by atoms with van der Waals surface area (Å²) in [6, 6.07) is 10.2. The van der Waals surface area contributed by atoms with Crippen LogP contribution in [0.15, 0.2) is 36.4 Å². The number of methoxy groups -OCH3 is 1. The van der Waals surface area contributed by atoms with Gasteiger partial charge in [0.1, 0.15) is 19.0 Å². The predicted octanol–water partition coefficient (Wildman–Crippen LogP) is 3.68. The Morgan fingerprint density at radius 1 is 0.957 bits per heavy atom. The van der Waals surface area contributed by atoms with Gasteiger partial charge in [0.2, 0.25) is 0 Å². The molecule has 2 aromatic rings. The van der Waals surface area contributed by atoms with E-state index < -0.39 is 4.92 Å². The predicted molar refractivity (Wildman–Crippen MR) is 86.6 cm³/mol. The molecule has 2 aromatic carbocycles. The summed E-state index contributed by atoms with van der Waals surface area (Å²) in [5, 5.41) is 10.7. The van der Waals surface area contributed by atoms with E-state index in [1.807, 2.05) is 32.0 Å². The molecule has 0 unspecified atom stereocenters. The molecule has 0 bridgehead atoms. The lowest BCUT2D eigenvalue weighted by Crippen LogP contribution is -2.10. The van der Waals surface area contributed by atoms with Gasteiger partial charge in [-0.1, -0.05) is 12.1 Å². The van der Waals surface area contributed by atoms with Crippen molar-refractivity contribution in [2.75, 3.05) is 20.3 Å². The first kappa shape index (κ1) is 16.6. The van der Waals surface area contributed by atoms with Gasteiger partial charge in [0, 0.05) is 6.07 Å². The van der Waals surface area contributed by atoms with Crippen molar-refractivity contribution in [1.82, 2.24) is 0 Å². The second-order valence-electron chi connectivity index (χ2n) is 5.06. The first-order valence-electron chi connectivity index (χ1n) is 7.16. The van der Waals surface area contributed by atoms with Crippen LogP contribution in [0.4, 0.5) is 5.69 Å². The second-order valence-corrected chi connectivity index (χ2v) is 5.06. The van der Waals surface area contributed by atoms with Gasteiger partial charge in [-0.25, -0.2) is 0 Å². The minimum atomic E-state index is -0.476. The van der Waals surface area contributed by atoms with E-state index >= 15 is 0 Å². The first-order valence-corrected chi connectivity index (χ1v) is 7.16. The fraction of sp³-hybridized carbons (Fsp3) is 0.294. The van der Waals surface area contributed by atoms with E-state index in [0.29, 0.717) is 24.7 Å². The van der Waals surface area contributed by atoms with Gasteiger partial charge in [0.25, 0.3) is 5.69 Å². The second kappa shape index (κ2) is 7.49. The zero-order valence-corrected chi connectivity index (χ0v) is 13.4. The molecule has 0 aliphatic carbocycles. The van der Waals surface area contributed by atoms with Crippen LogP contribution in [-0.4, -0.2) is 25.2 Å². The summed E-state index contributed by atoms with van der Waals surface area (Å²) in [5.74, 6) is 1.60. The molecule has 0 saturated carbocycles. The van der Waals surface area contributed by atoms with Gasteiger partial charge in [0.15, 0.2) is 11.5 Å². The Morgan fingerprint density at radius 2 is 1.65 bits per heavy atom. The molecular weight excluding hydrogens is 298 g/mol. The van der Waals surface area contributed by atoms with E-state index in [1.165, 1.54) is 25.3 Å². The largest absolute Gasteiger partial charge is 0.493 e. The fourth-order valence-corrected chi connectivity index (χ4v) is 2.06. The van der Waals surface area contributed by atoms with E-state index in [9.17, 15) is 10.1 Å². The van der Waals surface area contributed by atoms with E-state index in [0.717, 1.165) is 16.9 Å². The van der Waals surface area contributed by atoms with E-state index in [4.69, 9.17) is 14.2 Å². The normalized spacial score (nSPS) is 10.2. The maximum Gasteiger partial charge on any atom is 0.273 e. The SMILES string of the molecule is COc1cc([N+](=O)[O-])ccc1OCCOc1cc(C)ccc1C. The summed E-state index contributed by atoms with van der Waals surface area (Å²) in [6.45, 7) is 4.66. The lowest BCUT2D eigenvalue weighted by molar-refractivity contribution is -0.384. The van der Waals surface area contributed by atoms with E-state index in [-0.39, 0.29) is 5.69 Å². The minimum absolute atomic E-state index is 0.0409. The molecule has 6 heteroatoms. The highest BCUT2D eigenvalue weighted by molar-refractivity contribution is 5.48. The number of ether oxygens (including phenoxy) is 3. The first-order chi connectivity index (χ1) is 11.0. The standard InChI is InChI=1S/C17H19NO5/c1-12-4-5-13(2)16(10-12)23-9-8-22-15-7-6-14(18(19)20)11-17(15)21-3/h4-7,10-11H,8-9H2,1-3H3. The summed E-state index contributed by atoms with van der Waals surface area (Å²) in [7, 11) is 1.44. The number of benzene rings is 2. The Labute approximate surface area is 134 Å². The quantitative estimate of drug-likeness (QED) is 0.442. The van der Waals surface area contributed by atoms with Crippen molar-refractivity contribution in [1.29, 1.82) is 0 Å². The van der Waals surface area contributed by atoms with Crippen molar-refractivity contribution in [3.63, 3.8) is 0 Å². The molecule has 0 amide bonds. The Hall–Kier alpha value is -2.76. The van der Waals surface area contributed by atoms with Crippen LogP contribution in [-0.2, 0) is 0 Å². The van der Waals surface area contributed by atoms with Crippen LogP contribution < -0.4 is 14.2 Å². The zero-order chi connectivity index (χ0) is 16.8. The zero-order valence-electron chi connectivity index (χ0n) is 13.4. The molecule has 0 atom stereocenters. The monoisotopic (exact) mass is 317 g/mol. The number of hydrogen-bond donors (Lipinski definition) is 0. The molecule has 0 aliphatic rings. The van der Waals surface area contributed by atoms with Gasteiger partial charge in [-0.2, -0.15) is 0 Å². The van der Waals surface area contributed by atoms with E-state index in [2.05, 4.69) is 0 Å². The van der Waals surface area contributed by atoms with Crippen LogP contribution in [0, 0.1) is 24.0 Å². The molecule has 0 N–H and O–H groups in total. The summed E-state index contributed by atoms with van der Waals surface area (Å²) in [4.78, 5) is 10.3. The summed E-state index contributed by atoms with van der Waals surface area (Å²) < 4.78 is 16.4. The van der Waals surface area contributed by atoms with Crippen LogP contribution >= 0.6 is 0 Å². The topological polar surface area (TPSA) is 70.8 Å². The highest BCUT2D eigenvalue weighted by atomic mass is 16.6. The van der Waals surface area contributed by atoms with Crippen LogP contribution in [0.5, 0.6) is 17.2 Å². The molecule has 0 aromatic heterocycles. The van der Waals surface area contributed by atoms with Gasteiger partial charge < -0.3 is 14.2 Å². The van der Waals surface area contributed by atoms with Gasteiger partial charge in [-0.05, 0) is 37.1 Å². The highest BCUT2D eigenvalue weighted by Crippen LogP contribution is 2.31. The number of nitro groups is 1. The van der Waals surface area contributed by atoms with Crippen LogP contribution in [0.3, 0.4) is 0 Å². The molecule has 0 radical (unpaired) electrons. The van der Waals surface area contributed by atoms with Crippen molar-refractivity contribution in [3.05, 3.63) is 57.6 Å². The molecule has 6 nitrogen and oxygen atoms in total. The average Bonchev–Trinajstić information content (AvgIpc) is 2.54. The summed E-state index contributed by atoms with van der Waals surface area (Å²) in [6.07, 6.45) is 0. The van der Waals surface area contributed by atoms with Crippen LogP contribution in [0.1, 0.15) is 11.1 Å². The van der Waals surface area contributed by atoms with E-state index in [1.54, 1.807) is 0 Å². The minimum Gasteiger partial charge on any atom is -0.493 e. The lowest BCUT2D eigenvalue weighted by atomic mass is 10.1. The Kier molecular flexibility index (Phi) is 5.41. The van der Waals surface area contributed by atoms with Crippen LogP contribution in [0.25, 0.3) is 0 Å². The molecular formula is C17H19NO5. The third-order valence-corrected chi connectivity index (χ3v) is 3.30. The van der Waals surface area contributed by atoms with Gasteiger partial charge in [0.05, 0.1) is 18.1 Å². The van der Waals surface area contributed by atoms with Crippen molar-refractivity contribution in [2.24, 2.45) is 0 Å². The van der Waals surface area contributed by atoms with Gasteiger partial charge in [-0.15, -0.1) is 0 Å². The summed E-state index contributed by atoms with van der Waals surface area (Å²) >= 11 is 0. The number of aryl methyl sites for hydroxylation is 2. The number of nitrogens with zero attached hydrogens (tertiary/aromatic N) is 1. The van der Waals surface area contributed by atoms with Crippen molar-refractivity contribution in [3.8, 4) is 17.2 Å². The number of nitro benzene ring substituents is 1. The lowest BCUT2D eigenvalue weighted by Gasteiger charge is -2.12. The Balaban J connectivity index is 1.93. The Bertz CT molecular complexity index is 699. The molecule has 0 heterocycles. The highest BCUT2D eigenvalue weighted by Gasteiger charge is 2.12. The van der Waals surface area contributed by atoms with Gasteiger partial charge >= 0.3 is 0 Å². The number of hydrogen-bond acceptors (Lipinski definition) is 5. The molecule has 0 spiro atoms. The maximum atomic E-state index is 10.7. The van der Waals surface area contributed by atoms with Crippen molar-refractivity contribution >= 4 is 5.69 Å². The number of rotatable bonds is 7. The van der Waals surface area contributed by atoms with Crippen LogP contribution in [0.2, 0.25) is 0 Å². The molecule has 2 rings (SSSR count). The molecule has 23 heavy (non-hydrogen) atoms. The molecule has 0 aliphatic heterocycles. The maximum absolute atomic E-state index is 10.7. The third-order valence-electron chi connectivity index (χ3n) is 3.30. The average molecular weight is 317 g/mol.